The van der Waals surface area contributed by atoms with Gasteiger partial charge in [0.15, 0.2) is 0 Å². The third-order valence-corrected chi connectivity index (χ3v) is 12.1. The van der Waals surface area contributed by atoms with Crippen LogP contribution in [0.25, 0.3) is 0 Å². The van der Waals surface area contributed by atoms with Crippen LogP contribution in [0.2, 0.25) is 12.1 Å². The Morgan fingerprint density at radius 1 is 0.571 bits per heavy atom. The molecule has 0 bridgehead atoms. The fraction of sp³-hybridized carbons (Fsp3) is 1.00. The molecule has 9 nitrogen and oxygen atoms in total. The summed E-state index contributed by atoms with van der Waals surface area (Å²) >= 11 is 0. The van der Waals surface area contributed by atoms with Crippen molar-refractivity contribution in [1.82, 2.24) is 0 Å². The van der Waals surface area contributed by atoms with Gasteiger partial charge in [-0.25, -0.2) is 0 Å². The van der Waals surface area contributed by atoms with Crippen molar-refractivity contribution in [1.29, 1.82) is 0 Å². The first-order valence-corrected chi connectivity index (χ1v) is 17.6. The highest BCUT2D eigenvalue weighted by Gasteiger charge is 2.44. The van der Waals surface area contributed by atoms with Crippen molar-refractivity contribution in [2.24, 2.45) is 0 Å². The lowest BCUT2D eigenvalue weighted by atomic mass is 10.1. The van der Waals surface area contributed by atoms with Crippen LogP contribution in [0.1, 0.15) is 67.2 Å². The van der Waals surface area contributed by atoms with Crippen LogP contribution in [0.3, 0.4) is 0 Å². The fourth-order valence-electron chi connectivity index (χ4n) is 4.43. The molecule has 0 aliphatic carbocycles. The van der Waals surface area contributed by atoms with E-state index in [-0.39, 0.29) is 24.4 Å². The minimum Gasteiger partial charge on any atom is -0.375 e. The second-order valence-electron chi connectivity index (χ2n) is 8.80. The van der Waals surface area contributed by atoms with Crippen LogP contribution in [0.5, 0.6) is 0 Å². The second kappa shape index (κ2) is 16.8. The van der Waals surface area contributed by atoms with Crippen LogP contribution in [0.4, 0.5) is 0 Å². The van der Waals surface area contributed by atoms with Crippen molar-refractivity contribution in [2.45, 2.75) is 104 Å². The molecule has 2 saturated heterocycles. The molecule has 4 unspecified atom stereocenters. The topological polar surface area (TPSA) is 89.7 Å². The van der Waals surface area contributed by atoms with Crippen molar-refractivity contribution in [3.8, 4) is 0 Å². The van der Waals surface area contributed by atoms with Crippen LogP contribution < -0.4 is 0 Å². The molecular weight excluding hydrogens is 488 g/mol. The Morgan fingerprint density at radius 3 is 1.09 bits per heavy atom. The average Bonchev–Trinajstić information content (AvgIpc) is 3.74. The number of epoxide rings is 2. The summed E-state index contributed by atoms with van der Waals surface area (Å²) in [7, 11) is -5.48. The molecule has 35 heavy (non-hydrogen) atoms. The first-order chi connectivity index (χ1) is 17.0. The van der Waals surface area contributed by atoms with Gasteiger partial charge in [-0.15, -0.1) is 0 Å². The largest absolute Gasteiger partial charge is 0.501 e. The highest BCUT2D eigenvalue weighted by Crippen LogP contribution is 2.30. The SMILES string of the molecule is CCO[Si](CCC(CC1CO1)OC(CC[Si](OCC)(OCC)OCC)CC1CO1)(OCC)OCC. The van der Waals surface area contributed by atoms with Gasteiger partial charge in [-0.2, -0.15) is 0 Å². The van der Waals surface area contributed by atoms with E-state index in [0.717, 1.165) is 51.0 Å². The van der Waals surface area contributed by atoms with Gasteiger partial charge in [-0.1, -0.05) is 0 Å². The summed E-state index contributed by atoms with van der Waals surface area (Å²) < 4.78 is 54.3. The Hall–Kier alpha value is 0.0738. The third kappa shape index (κ3) is 12.0. The van der Waals surface area contributed by atoms with Gasteiger partial charge >= 0.3 is 17.6 Å². The van der Waals surface area contributed by atoms with E-state index in [0.29, 0.717) is 39.6 Å². The summed E-state index contributed by atoms with van der Waals surface area (Å²) in [6.07, 6.45) is 3.93. The predicted octanol–water partition coefficient (Wildman–Crippen LogP) is 4.20. The quantitative estimate of drug-likeness (QED) is 0.132. The van der Waals surface area contributed by atoms with Crippen LogP contribution in [0.15, 0.2) is 0 Å². The first kappa shape index (κ1) is 31.3. The normalized spacial score (nSPS) is 21.8. The van der Waals surface area contributed by atoms with Crippen LogP contribution in [-0.4, -0.2) is 94.9 Å². The van der Waals surface area contributed by atoms with E-state index in [1.54, 1.807) is 0 Å². The van der Waals surface area contributed by atoms with Crippen molar-refractivity contribution < 1.29 is 40.8 Å². The molecule has 0 aromatic carbocycles. The fourth-order valence-corrected chi connectivity index (χ4v) is 9.78. The minimum absolute atomic E-state index is 0.0295. The smallest absolute Gasteiger partial charge is 0.375 e. The standard InChI is InChI=1S/C24H50O9Si2/c1-7-27-34(28-8-2,29-9-3)15-13-21(17-23-19-25-23)33-22(18-24-20-26-24)14-16-35(30-10-4,31-11-5)32-12-6/h21-24H,7-20H2,1-6H3. The molecule has 0 aromatic rings. The number of hydrogen-bond donors (Lipinski definition) is 0. The highest BCUT2D eigenvalue weighted by atomic mass is 28.4. The molecule has 208 valence electrons. The molecule has 11 heteroatoms. The maximum Gasteiger partial charge on any atom is 0.501 e. The zero-order chi connectivity index (χ0) is 25.6. The lowest BCUT2D eigenvalue weighted by Gasteiger charge is -2.32. The Morgan fingerprint density at radius 2 is 0.857 bits per heavy atom. The van der Waals surface area contributed by atoms with Crippen molar-refractivity contribution in [2.75, 3.05) is 52.9 Å². The summed E-state index contributed by atoms with van der Waals surface area (Å²) in [6, 6.07) is 1.45. The van der Waals surface area contributed by atoms with E-state index >= 15 is 0 Å². The van der Waals surface area contributed by atoms with E-state index in [9.17, 15) is 0 Å². The number of hydrogen-bond acceptors (Lipinski definition) is 9. The summed E-state index contributed by atoms with van der Waals surface area (Å²) in [4.78, 5) is 0. The Balaban J connectivity index is 2.06. The molecule has 2 aliphatic heterocycles. The lowest BCUT2D eigenvalue weighted by molar-refractivity contribution is -0.0357. The predicted molar refractivity (Wildman–Crippen MR) is 137 cm³/mol. The molecule has 0 amide bonds. The Kier molecular flexibility index (Phi) is 15.0. The maximum absolute atomic E-state index is 6.76. The summed E-state index contributed by atoms with van der Waals surface area (Å²) in [5, 5.41) is 0. The molecular formula is C24H50O9Si2. The van der Waals surface area contributed by atoms with Gasteiger partial charge in [0.1, 0.15) is 0 Å². The molecule has 4 atom stereocenters. The van der Waals surface area contributed by atoms with Gasteiger partial charge < -0.3 is 40.8 Å². The third-order valence-electron chi connectivity index (χ3n) is 5.97. The lowest BCUT2D eigenvalue weighted by Crippen LogP contribution is -2.47. The summed E-state index contributed by atoms with van der Waals surface area (Å²) in [6.45, 7) is 17.0. The van der Waals surface area contributed by atoms with Gasteiger partial charge in [0.05, 0.1) is 37.6 Å². The Bertz CT molecular complexity index is 469. The summed E-state index contributed by atoms with van der Waals surface area (Å²) in [5.41, 5.74) is 0. The zero-order valence-corrected chi connectivity index (χ0v) is 24.9. The second-order valence-corrected chi connectivity index (χ2v) is 14.3. The van der Waals surface area contributed by atoms with E-state index < -0.39 is 17.6 Å². The molecule has 0 saturated carbocycles. The van der Waals surface area contributed by atoms with Gasteiger partial charge in [-0.3, -0.25) is 0 Å². The van der Waals surface area contributed by atoms with E-state index in [1.807, 2.05) is 41.5 Å². The average molecular weight is 539 g/mol. The zero-order valence-electron chi connectivity index (χ0n) is 22.9. The van der Waals surface area contributed by atoms with Gasteiger partial charge in [0, 0.05) is 64.6 Å². The minimum atomic E-state index is -2.74. The number of ether oxygens (including phenoxy) is 3. The number of rotatable bonds is 24. The molecule has 0 N–H and O–H groups in total. The van der Waals surface area contributed by atoms with E-state index in [4.69, 9.17) is 40.8 Å². The molecule has 2 heterocycles. The van der Waals surface area contributed by atoms with Crippen molar-refractivity contribution in [3.63, 3.8) is 0 Å². The van der Waals surface area contributed by atoms with Crippen LogP contribution in [-0.2, 0) is 40.8 Å². The molecule has 2 aliphatic rings. The van der Waals surface area contributed by atoms with E-state index in [1.165, 1.54) is 0 Å². The first-order valence-electron chi connectivity index (χ1n) is 13.7. The van der Waals surface area contributed by atoms with Crippen molar-refractivity contribution >= 4 is 17.6 Å². The van der Waals surface area contributed by atoms with Gasteiger partial charge in [0.2, 0.25) is 0 Å². The van der Waals surface area contributed by atoms with Crippen LogP contribution >= 0.6 is 0 Å². The van der Waals surface area contributed by atoms with Crippen molar-refractivity contribution in [3.05, 3.63) is 0 Å². The summed E-state index contributed by atoms with van der Waals surface area (Å²) in [5.74, 6) is 0. The molecule has 0 aromatic heterocycles. The van der Waals surface area contributed by atoms with Gasteiger partial charge in [-0.05, 0) is 54.4 Å². The Labute approximate surface area is 215 Å². The molecule has 2 fully saturated rings. The molecule has 0 spiro atoms. The highest BCUT2D eigenvalue weighted by molar-refractivity contribution is 6.61. The van der Waals surface area contributed by atoms with E-state index in [2.05, 4.69) is 0 Å². The van der Waals surface area contributed by atoms with Crippen LogP contribution in [0, 0.1) is 0 Å². The molecule has 0 radical (unpaired) electrons. The van der Waals surface area contributed by atoms with Gasteiger partial charge in [0.25, 0.3) is 0 Å². The monoisotopic (exact) mass is 538 g/mol. The maximum atomic E-state index is 6.76. The molecule has 2 rings (SSSR count).